The van der Waals surface area contributed by atoms with Crippen LogP contribution in [0.4, 0.5) is 10.1 Å². The second kappa shape index (κ2) is 3.84. The number of hydrogen-bond acceptors (Lipinski definition) is 3. The molecule has 1 radical (unpaired) electrons. The predicted molar refractivity (Wildman–Crippen MR) is 43.1 cm³/mol. The lowest BCUT2D eigenvalue weighted by Crippen LogP contribution is -1.96. The fourth-order valence-electron chi connectivity index (χ4n) is 0.813. The van der Waals surface area contributed by atoms with Crippen LogP contribution in [0.3, 0.4) is 0 Å². The van der Waals surface area contributed by atoms with Crippen LogP contribution < -0.4 is 4.74 Å². The SMILES string of the molecule is CCOc1c[c]c([N+](=O)[O-])cc1F. The van der Waals surface area contributed by atoms with Gasteiger partial charge < -0.3 is 4.74 Å². The van der Waals surface area contributed by atoms with Crippen molar-refractivity contribution in [1.82, 2.24) is 0 Å². The maximum Gasteiger partial charge on any atom is 0.280 e. The number of ether oxygens (including phenoxy) is 1. The third-order valence-corrected chi connectivity index (χ3v) is 1.35. The molecule has 69 valence electrons. The highest BCUT2D eigenvalue weighted by molar-refractivity contribution is 5.36. The van der Waals surface area contributed by atoms with Gasteiger partial charge in [0, 0.05) is 0 Å². The first-order valence-electron chi connectivity index (χ1n) is 3.63. The lowest BCUT2D eigenvalue weighted by Gasteiger charge is -2.02. The van der Waals surface area contributed by atoms with Gasteiger partial charge in [0.25, 0.3) is 5.69 Å². The first-order valence-corrected chi connectivity index (χ1v) is 3.63. The van der Waals surface area contributed by atoms with Gasteiger partial charge in [0.15, 0.2) is 11.6 Å². The first kappa shape index (κ1) is 9.44. The summed E-state index contributed by atoms with van der Waals surface area (Å²) in [6.07, 6.45) is 0. The molecule has 0 aliphatic carbocycles. The molecule has 0 spiro atoms. The number of rotatable bonds is 3. The van der Waals surface area contributed by atoms with Crippen LogP contribution in [0.15, 0.2) is 12.1 Å². The maximum absolute atomic E-state index is 12.9. The minimum Gasteiger partial charge on any atom is -0.491 e. The largest absolute Gasteiger partial charge is 0.491 e. The topological polar surface area (TPSA) is 52.4 Å². The smallest absolute Gasteiger partial charge is 0.280 e. The van der Waals surface area contributed by atoms with E-state index in [1.807, 2.05) is 0 Å². The summed E-state index contributed by atoms with van der Waals surface area (Å²) in [5.74, 6) is -0.764. The number of nitrogens with zero attached hydrogens (tertiary/aromatic N) is 1. The Morgan fingerprint density at radius 3 is 2.92 bits per heavy atom. The van der Waals surface area contributed by atoms with E-state index < -0.39 is 16.4 Å². The zero-order valence-corrected chi connectivity index (χ0v) is 6.91. The molecule has 0 saturated carbocycles. The van der Waals surface area contributed by atoms with E-state index in [0.29, 0.717) is 6.61 Å². The number of non-ortho nitro benzene ring substituents is 1. The van der Waals surface area contributed by atoms with E-state index in [1.165, 1.54) is 0 Å². The quantitative estimate of drug-likeness (QED) is 0.532. The summed E-state index contributed by atoms with van der Waals surface area (Å²) >= 11 is 0. The highest BCUT2D eigenvalue weighted by Crippen LogP contribution is 2.21. The van der Waals surface area contributed by atoms with Crippen LogP contribution in [0.25, 0.3) is 0 Å². The van der Waals surface area contributed by atoms with Crippen LogP contribution in [0, 0.1) is 22.0 Å². The monoisotopic (exact) mass is 184 g/mol. The lowest BCUT2D eigenvalue weighted by atomic mass is 10.3. The Kier molecular flexibility index (Phi) is 2.79. The molecule has 0 unspecified atom stereocenters. The molecule has 4 nitrogen and oxygen atoms in total. The zero-order chi connectivity index (χ0) is 9.84. The normalized spacial score (nSPS) is 9.69. The lowest BCUT2D eigenvalue weighted by molar-refractivity contribution is -0.385. The second-order valence-electron chi connectivity index (χ2n) is 2.22. The van der Waals surface area contributed by atoms with Gasteiger partial charge in [-0.1, -0.05) is 0 Å². The number of halogens is 1. The Balaban J connectivity index is 2.98. The molecular weight excluding hydrogens is 177 g/mol. The van der Waals surface area contributed by atoms with Crippen molar-refractivity contribution in [3.8, 4) is 5.75 Å². The van der Waals surface area contributed by atoms with E-state index >= 15 is 0 Å². The van der Waals surface area contributed by atoms with E-state index in [0.717, 1.165) is 12.1 Å². The molecule has 0 aliphatic heterocycles. The van der Waals surface area contributed by atoms with Gasteiger partial charge in [-0.25, -0.2) is 4.39 Å². The summed E-state index contributed by atoms with van der Waals surface area (Å²) in [4.78, 5) is 9.48. The fraction of sp³-hybridized carbons (Fsp3) is 0.250. The summed E-state index contributed by atoms with van der Waals surface area (Å²) in [5, 5.41) is 10.2. The molecular formula is C8H7FNO3. The molecule has 13 heavy (non-hydrogen) atoms. The molecule has 1 aromatic carbocycles. The van der Waals surface area contributed by atoms with Crippen molar-refractivity contribution in [3.63, 3.8) is 0 Å². The van der Waals surface area contributed by atoms with E-state index in [1.54, 1.807) is 6.92 Å². The molecule has 0 heterocycles. The third-order valence-electron chi connectivity index (χ3n) is 1.35. The molecule has 0 aromatic heterocycles. The highest BCUT2D eigenvalue weighted by Gasteiger charge is 2.11. The molecule has 0 N–H and O–H groups in total. The molecule has 0 fully saturated rings. The first-order chi connectivity index (χ1) is 6.15. The molecule has 0 amide bonds. The number of nitro groups is 1. The summed E-state index contributed by atoms with van der Waals surface area (Å²) < 4.78 is 17.8. The third kappa shape index (κ3) is 2.14. The molecule has 1 rings (SSSR count). The van der Waals surface area contributed by atoms with Crippen LogP contribution in [-0.4, -0.2) is 11.5 Å². The van der Waals surface area contributed by atoms with Gasteiger partial charge in [-0.15, -0.1) is 0 Å². The van der Waals surface area contributed by atoms with Crippen LogP contribution >= 0.6 is 0 Å². The van der Waals surface area contributed by atoms with Crippen LogP contribution in [0.2, 0.25) is 0 Å². The van der Waals surface area contributed by atoms with Gasteiger partial charge >= 0.3 is 0 Å². The van der Waals surface area contributed by atoms with Gasteiger partial charge in [-0.3, -0.25) is 10.1 Å². The van der Waals surface area contributed by atoms with Crippen molar-refractivity contribution < 1.29 is 14.1 Å². The van der Waals surface area contributed by atoms with Gasteiger partial charge in [0.2, 0.25) is 0 Å². The van der Waals surface area contributed by atoms with Crippen LogP contribution in [-0.2, 0) is 0 Å². The number of hydrogen-bond donors (Lipinski definition) is 0. The molecule has 0 bridgehead atoms. The van der Waals surface area contributed by atoms with E-state index in [2.05, 4.69) is 6.07 Å². The molecule has 0 saturated heterocycles. The maximum atomic E-state index is 12.9. The average Bonchev–Trinajstić information content (AvgIpc) is 2.08. The van der Waals surface area contributed by atoms with E-state index in [9.17, 15) is 14.5 Å². The Bertz CT molecular complexity index is 327. The Hall–Kier alpha value is -1.65. The summed E-state index contributed by atoms with van der Waals surface area (Å²) in [6.45, 7) is 2.00. The molecule has 5 heteroatoms. The average molecular weight is 184 g/mol. The zero-order valence-electron chi connectivity index (χ0n) is 6.91. The van der Waals surface area contributed by atoms with Gasteiger partial charge in [0.1, 0.15) is 0 Å². The fourth-order valence-corrected chi connectivity index (χ4v) is 0.813. The standard InChI is InChI=1S/C8H7FNO3/c1-2-13-8-4-3-6(10(11)12)5-7(8)9/h4-5H,2H2,1H3. The predicted octanol–water partition coefficient (Wildman–Crippen LogP) is 1.93. The summed E-state index contributed by atoms with van der Waals surface area (Å²) in [5.41, 5.74) is -0.402. The molecule has 0 aliphatic rings. The van der Waals surface area contributed by atoms with Crippen molar-refractivity contribution in [2.24, 2.45) is 0 Å². The number of benzene rings is 1. The van der Waals surface area contributed by atoms with Crippen LogP contribution in [0.5, 0.6) is 5.75 Å². The summed E-state index contributed by atoms with van der Waals surface area (Å²) in [7, 11) is 0. The number of nitro benzene ring substituents is 1. The van der Waals surface area contributed by atoms with Crippen molar-refractivity contribution >= 4 is 5.69 Å². The van der Waals surface area contributed by atoms with E-state index in [4.69, 9.17) is 4.74 Å². The van der Waals surface area contributed by atoms with Crippen molar-refractivity contribution in [2.75, 3.05) is 6.61 Å². The minimum absolute atomic E-state index is 0.0203. The minimum atomic E-state index is -0.743. The Morgan fingerprint density at radius 1 is 1.77 bits per heavy atom. The van der Waals surface area contributed by atoms with Crippen molar-refractivity contribution in [3.05, 3.63) is 34.1 Å². The summed E-state index contributed by atoms with van der Waals surface area (Å²) in [6, 6.07) is 4.20. The van der Waals surface area contributed by atoms with Gasteiger partial charge in [-0.05, 0) is 13.0 Å². The second-order valence-corrected chi connectivity index (χ2v) is 2.22. The van der Waals surface area contributed by atoms with Gasteiger partial charge in [-0.2, -0.15) is 0 Å². The van der Waals surface area contributed by atoms with Crippen LogP contribution in [0.1, 0.15) is 6.92 Å². The molecule has 0 atom stereocenters. The van der Waals surface area contributed by atoms with Crippen molar-refractivity contribution in [1.29, 1.82) is 0 Å². The van der Waals surface area contributed by atoms with Gasteiger partial charge in [0.05, 0.1) is 23.7 Å². The highest BCUT2D eigenvalue weighted by atomic mass is 19.1. The van der Waals surface area contributed by atoms with Crippen molar-refractivity contribution in [2.45, 2.75) is 6.92 Å². The van der Waals surface area contributed by atoms with E-state index in [-0.39, 0.29) is 5.75 Å². The Morgan fingerprint density at radius 2 is 2.46 bits per heavy atom. The molecule has 1 aromatic rings. The Labute approximate surface area is 74.1 Å².